The lowest BCUT2D eigenvalue weighted by molar-refractivity contribution is 0.418. The number of nitrogens with zero attached hydrogens (tertiary/aromatic N) is 3. The third kappa shape index (κ3) is 11.4. The second-order valence-electron chi connectivity index (χ2n) is 34.4. The lowest BCUT2D eigenvalue weighted by Gasteiger charge is -2.46. The van der Waals surface area contributed by atoms with Crippen LogP contribution in [0.25, 0.3) is 94.3 Å². The monoisotopic (exact) mass is 1410 g/mol. The van der Waals surface area contributed by atoms with E-state index in [1.54, 1.807) is 4.57 Å². The molecule has 0 N–H and O–H groups in total. The van der Waals surface area contributed by atoms with E-state index in [2.05, 4.69) is 349 Å². The van der Waals surface area contributed by atoms with E-state index < -0.39 is 48.4 Å². The zero-order chi connectivity index (χ0) is 81.5. The zero-order valence-corrected chi connectivity index (χ0v) is 64.1. The Morgan fingerprint density at radius 1 is 0.324 bits per heavy atom. The van der Waals surface area contributed by atoms with Gasteiger partial charge in [0.25, 0.3) is 6.71 Å². The van der Waals surface area contributed by atoms with E-state index in [9.17, 15) is 8.22 Å². The number of para-hydroxylation sites is 3. The molecule has 0 unspecified atom stereocenters. The van der Waals surface area contributed by atoms with Crippen LogP contribution in [0.4, 0.5) is 34.1 Å². The molecule has 0 saturated heterocycles. The molecule has 5 heteroatoms. The third-order valence-corrected chi connectivity index (χ3v) is 22.8. The van der Waals surface area contributed by atoms with E-state index in [0.29, 0.717) is 5.69 Å². The Labute approximate surface area is 650 Å². The van der Waals surface area contributed by atoms with Gasteiger partial charge in [0.05, 0.1) is 33.4 Å². The number of benzene rings is 14. The Bertz CT molecular complexity index is 6370. The SMILES string of the molecule is [2H]c1c([2H])c([2H])c2c(c1[2H])c1c([2H])c([2H])c([2H])c([2H])c1n2-c1ccc2c(c1)N(c1c(-c3ccccc3)cc(C(C)(C)C)cc1-c1ccccc1)c1cc(-c3ccc4c(c3)C(C)(C)c3ccccc3O4)cc3c1B2c1ccc(-c2cc(C(C)(C)C)cc(C(C)(C)C)c2)cc1N3c1c(-c2ccccc2)cc(C(C)(C)C)cc1-c1ccccc1. The molecular formula is C103H92BN3O. The topological polar surface area (TPSA) is 20.6 Å². The molecule has 0 saturated carbocycles. The lowest BCUT2D eigenvalue weighted by Crippen LogP contribution is -2.61. The minimum atomic E-state index is -0.538. The summed E-state index contributed by atoms with van der Waals surface area (Å²) in [5.74, 6) is 1.61. The maximum absolute atomic E-state index is 9.96. The molecule has 4 heterocycles. The summed E-state index contributed by atoms with van der Waals surface area (Å²) in [4.78, 5) is 5.08. The first-order chi connectivity index (χ1) is 55.2. The van der Waals surface area contributed by atoms with Crippen LogP contribution in [0.2, 0.25) is 0 Å². The van der Waals surface area contributed by atoms with Gasteiger partial charge in [-0.15, -0.1) is 0 Å². The summed E-state index contributed by atoms with van der Waals surface area (Å²) in [6.45, 7) is 31.5. The van der Waals surface area contributed by atoms with E-state index in [-0.39, 0.29) is 55.6 Å². The standard InChI is InChI=1S/C103H92BN3O/c1-99(2,3)73-53-71(54-74(59-73)100(4,5)6)70-47-50-86-90(56-70)106(97-80(65-33-19-15-20-34-65)60-75(101(7,8)9)61-81(97)66-35-21-16-22-36-66)92-57-72(69-48-52-95-85(55-69)103(13,14)84-43-29-32-46-94(84)108-95)58-93-96(92)104(86)87-51-49-77(105-88-44-30-27-41-78(88)79-42-28-31-45-89(79)105)64-91(87)107(93)98-82(67-37-23-17-24-38-67)62-76(102(10,11)12)63-83(98)68-39-25-18-26-40-68/h15-64H,1-14H3/i27D,28D,30D,31D,41D,42D,44D,45D. The maximum atomic E-state index is 9.96. The van der Waals surface area contributed by atoms with Crippen molar-refractivity contribution in [2.24, 2.45) is 0 Å². The zero-order valence-electron chi connectivity index (χ0n) is 72.1. The number of aromatic nitrogens is 1. The highest BCUT2D eigenvalue weighted by molar-refractivity contribution is 7.00. The average Bonchev–Trinajstić information content (AvgIpc) is 0.973. The summed E-state index contributed by atoms with van der Waals surface area (Å²) in [5.41, 5.74) is 26.4. The van der Waals surface area contributed by atoms with Crippen LogP contribution in [0.15, 0.2) is 303 Å². The van der Waals surface area contributed by atoms with Gasteiger partial charge in [0, 0.05) is 78.0 Å². The fraction of sp³-hybridized carbons (Fsp3) is 0.184. The minimum absolute atomic E-state index is 0.00450. The second-order valence-corrected chi connectivity index (χ2v) is 34.4. The minimum Gasteiger partial charge on any atom is -0.457 e. The Balaban J connectivity index is 1.07. The van der Waals surface area contributed by atoms with Gasteiger partial charge in [-0.1, -0.05) is 315 Å². The van der Waals surface area contributed by atoms with Crippen molar-refractivity contribution in [2.75, 3.05) is 9.80 Å². The van der Waals surface area contributed by atoms with E-state index in [1.807, 2.05) is 12.1 Å². The van der Waals surface area contributed by atoms with Gasteiger partial charge in [0.2, 0.25) is 0 Å². The van der Waals surface area contributed by atoms with E-state index in [1.165, 1.54) is 16.7 Å². The molecule has 0 aliphatic carbocycles. The van der Waals surface area contributed by atoms with Gasteiger partial charge in [-0.2, -0.15) is 0 Å². The van der Waals surface area contributed by atoms with Gasteiger partial charge in [0.15, 0.2) is 0 Å². The van der Waals surface area contributed by atoms with Crippen LogP contribution < -0.4 is 30.9 Å². The summed E-state index contributed by atoms with van der Waals surface area (Å²) in [7, 11) is 0. The first-order valence-corrected chi connectivity index (χ1v) is 37.9. The van der Waals surface area contributed by atoms with Crippen molar-refractivity contribution >= 4 is 79.0 Å². The van der Waals surface area contributed by atoms with Gasteiger partial charge in [-0.05, 0) is 190 Å². The molecule has 528 valence electrons. The molecule has 0 bridgehead atoms. The number of rotatable bonds is 9. The fourth-order valence-electron chi connectivity index (χ4n) is 16.9. The summed E-state index contributed by atoms with van der Waals surface area (Å²) >= 11 is 0. The predicted octanol–water partition coefficient (Wildman–Crippen LogP) is 26.5. The molecule has 0 amide bonds. The van der Waals surface area contributed by atoms with E-state index >= 15 is 0 Å². The van der Waals surface area contributed by atoms with Crippen LogP contribution in [0.3, 0.4) is 0 Å². The van der Waals surface area contributed by atoms with Gasteiger partial charge >= 0.3 is 0 Å². The smallest absolute Gasteiger partial charge is 0.252 e. The highest BCUT2D eigenvalue weighted by Crippen LogP contribution is 2.57. The van der Waals surface area contributed by atoms with Crippen molar-refractivity contribution in [1.82, 2.24) is 4.57 Å². The molecule has 3 aliphatic rings. The Hall–Kier alpha value is -11.7. The van der Waals surface area contributed by atoms with Gasteiger partial charge in [-0.25, -0.2) is 0 Å². The number of ether oxygens (including phenoxy) is 1. The Morgan fingerprint density at radius 2 is 0.694 bits per heavy atom. The first-order valence-electron chi connectivity index (χ1n) is 41.9. The average molecular weight is 1410 g/mol. The van der Waals surface area contributed by atoms with Crippen LogP contribution in [0, 0.1) is 0 Å². The normalized spacial score (nSPS) is 14.8. The number of anilines is 6. The first kappa shape index (κ1) is 59.5. The molecule has 0 spiro atoms. The van der Waals surface area contributed by atoms with Crippen molar-refractivity contribution in [3.05, 3.63) is 337 Å². The molecule has 3 aliphatic heterocycles. The van der Waals surface area contributed by atoms with Crippen molar-refractivity contribution in [3.8, 4) is 83.9 Å². The number of hydrogen-bond acceptors (Lipinski definition) is 3. The highest BCUT2D eigenvalue weighted by Gasteiger charge is 2.47. The molecule has 15 aromatic rings. The second kappa shape index (κ2) is 25.2. The number of fused-ring (bicyclic) bond motifs is 9. The molecular weight excluding hydrogens is 1310 g/mol. The Morgan fingerprint density at radius 3 is 1.16 bits per heavy atom. The predicted molar refractivity (Wildman–Crippen MR) is 461 cm³/mol. The molecule has 0 radical (unpaired) electrons. The molecule has 0 atom stereocenters. The maximum Gasteiger partial charge on any atom is 0.252 e. The molecule has 1 aromatic heterocycles. The quantitative estimate of drug-likeness (QED) is 0.134. The van der Waals surface area contributed by atoms with Crippen LogP contribution in [0.5, 0.6) is 11.5 Å². The van der Waals surface area contributed by atoms with Gasteiger partial charge in [0.1, 0.15) is 11.5 Å². The largest absolute Gasteiger partial charge is 0.457 e. The van der Waals surface area contributed by atoms with Crippen LogP contribution in [-0.2, 0) is 27.1 Å². The van der Waals surface area contributed by atoms with E-state index in [0.717, 1.165) is 145 Å². The van der Waals surface area contributed by atoms with Crippen LogP contribution in [-0.4, -0.2) is 11.3 Å². The molecule has 4 nitrogen and oxygen atoms in total. The van der Waals surface area contributed by atoms with Gasteiger partial charge in [-0.3, -0.25) is 0 Å². The lowest BCUT2D eigenvalue weighted by atomic mass is 9.33. The van der Waals surface area contributed by atoms with Crippen molar-refractivity contribution in [2.45, 2.75) is 124 Å². The summed E-state index contributed by atoms with van der Waals surface area (Å²) < 4.78 is 84.9. The molecule has 18 rings (SSSR count). The van der Waals surface area contributed by atoms with E-state index in [4.69, 9.17) is 7.48 Å². The number of hydrogen-bond donors (Lipinski definition) is 0. The summed E-state index contributed by atoms with van der Waals surface area (Å²) in [6, 6.07) is 89.6. The molecule has 14 aromatic carbocycles. The van der Waals surface area contributed by atoms with Crippen LogP contribution >= 0.6 is 0 Å². The highest BCUT2D eigenvalue weighted by atomic mass is 16.5. The summed E-state index contributed by atoms with van der Waals surface area (Å²) in [5, 5.41) is 0.00899. The van der Waals surface area contributed by atoms with Crippen molar-refractivity contribution in [1.29, 1.82) is 0 Å². The van der Waals surface area contributed by atoms with Crippen molar-refractivity contribution < 1.29 is 15.7 Å². The molecule has 0 fully saturated rings. The van der Waals surface area contributed by atoms with Crippen molar-refractivity contribution in [3.63, 3.8) is 0 Å². The summed E-state index contributed by atoms with van der Waals surface area (Å²) in [6.07, 6.45) is 0. The third-order valence-electron chi connectivity index (χ3n) is 22.8. The Kier molecular flexibility index (Phi) is 13.9. The molecule has 108 heavy (non-hydrogen) atoms. The van der Waals surface area contributed by atoms with Gasteiger partial charge < -0.3 is 19.1 Å². The fourth-order valence-corrected chi connectivity index (χ4v) is 16.9. The van der Waals surface area contributed by atoms with Crippen LogP contribution in [0.1, 0.15) is 141 Å².